The van der Waals surface area contributed by atoms with E-state index in [-0.39, 0.29) is 5.84 Å². The summed E-state index contributed by atoms with van der Waals surface area (Å²) in [5, 5.41) is 5.11. The van der Waals surface area contributed by atoms with Gasteiger partial charge in [-0.1, -0.05) is 42.5 Å². The molecule has 0 aliphatic carbocycles. The van der Waals surface area contributed by atoms with Gasteiger partial charge < -0.3 is 11.1 Å². The van der Waals surface area contributed by atoms with E-state index in [0.717, 1.165) is 16.3 Å². The molecule has 1 aliphatic rings. The number of allylic oxidation sites excluding steroid dienone is 1. The van der Waals surface area contributed by atoms with Crippen molar-refractivity contribution < 1.29 is 13.2 Å². The first kappa shape index (κ1) is 18.7. The second-order valence-electron chi connectivity index (χ2n) is 6.60. The molecule has 1 amide bonds. The van der Waals surface area contributed by atoms with Crippen molar-refractivity contribution in [3.05, 3.63) is 89.6 Å². The third kappa shape index (κ3) is 4.27. The van der Waals surface area contributed by atoms with E-state index in [4.69, 9.17) is 5.73 Å². The molecule has 146 valence electrons. The Morgan fingerprint density at radius 2 is 1.72 bits per heavy atom. The van der Waals surface area contributed by atoms with Gasteiger partial charge in [-0.3, -0.25) is 9.52 Å². The lowest BCUT2D eigenvalue weighted by atomic mass is 10.0. The number of nitrogens with zero attached hydrogens (tertiary/aromatic N) is 1. The summed E-state index contributed by atoms with van der Waals surface area (Å²) in [4.78, 5) is 11.2. The van der Waals surface area contributed by atoms with Gasteiger partial charge in [-0.05, 0) is 40.6 Å². The first-order valence-electron chi connectivity index (χ1n) is 8.86. The smallest absolute Gasteiger partial charge is 0.343 e. The highest BCUT2D eigenvalue weighted by Gasteiger charge is 2.19. The maximum absolute atomic E-state index is 12.2. The Kier molecular flexibility index (Phi) is 4.77. The van der Waals surface area contributed by atoms with Crippen LogP contribution in [0.5, 0.6) is 0 Å². The molecule has 4 rings (SSSR count). The van der Waals surface area contributed by atoms with Crippen molar-refractivity contribution in [3.8, 4) is 0 Å². The SMILES string of the molecule is NC(=O)c1ccc(NC2=NS(=O)(=O)NC(Cc3cccc4ccccc34)=C2)cc1. The predicted octanol–water partition coefficient (Wildman–Crippen LogP) is 2.72. The topological polar surface area (TPSA) is 114 Å². The number of nitrogens with one attached hydrogen (secondary N) is 2. The van der Waals surface area contributed by atoms with E-state index in [9.17, 15) is 13.2 Å². The number of rotatable bonds is 4. The third-order valence-electron chi connectivity index (χ3n) is 4.49. The molecule has 0 spiro atoms. The molecule has 0 atom stereocenters. The zero-order chi connectivity index (χ0) is 20.4. The van der Waals surface area contributed by atoms with Gasteiger partial charge in [0.15, 0.2) is 0 Å². The van der Waals surface area contributed by atoms with Crippen LogP contribution in [0.15, 0.2) is 82.9 Å². The van der Waals surface area contributed by atoms with Crippen LogP contribution in [-0.4, -0.2) is 20.2 Å². The summed E-state index contributed by atoms with van der Waals surface area (Å²) < 4.78 is 30.6. The van der Waals surface area contributed by atoms with Crippen molar-refractivity contribution in [1.82, 2.24) is 4.72 Å². The van der Waals surface area contributed by atoms with Gasteiger partial charge in [0.2, 0.25) is 5.91 Å². The van der Waals surface area contributed by atoms with Crippen LogP contribution < -0.4 is 15.8 Å². The zero-order valence-electron chi connectivity index (χ0n) is 15.3. The number of hydrogen-bond donors (Lipinski definition) is 3. The lowest BCUT2D eigenvalue weighted by molar-refractivity contribution is 0.100. The fourth-order valence-electron chi connectivity index (χ4n) is 3.20. The van der Waals surface area contributed by atoms with E-state index < -0.39 is 16.1 Å². The summed E-state index contributed by atoms with van der Waals surface area (Å²) in [6.07, 6.45) is 2.06. The fourth-order valence-corrected chi connectivity index (χ4v) is 4.07. The molecule has 8 heteroatoms. The molecule has 3 aromatic carbocycles. The highest BCUT2D eigenvalue weighted by atomic mass is 32.2. The Labute approximate surface area is 168 Å². The van der Waals surface area contributed by atoms with Crippen LogP contribution in [0, 0.1) is 0 Å². The number of primary amides is 1. The third-order valence-corrected chi connectivity index (χ3v) is 5.45. The minimum Gasteiger partial charge on any atom is -0.366 e. The molecule has 0 bridgehead atoms. The van der Waals surface area contributed by atoms with Crippen LogP contribution in [0.2, 0.25) is 0 Å². The molecule has 0 fully saturated rings. The Morgan fingerprint density at radius 1 is 1.00 bits per heavy atom. The van der Waals surface area contributed by atoms with Gasteiger partial charge in [-0.15, -0.1) is 4.40 Å². The molecular formula is C21H18N4O3S. The summed E-state index contributed by atoms with van der Waals surface area (Å²) in [5.74, 6) is -0.346. The largest absolute Gasteiger partial charge is 0.366 e. The Bertz CT molecular complexity index is 1260. The highest BCUT2D eigenvalue weighted by molar-refractivity contribution is 7.88. The van der Waals surface area contributed by atoms with E-state index in [1.54, 1.807) is 30.3 Å². The molecule has 0 radical (unpaired) electrons. The molecule has 1 heterocycles. The monoisotopic (exact) mass is 406 g/mol. The molecule has 4 N–H and O–H groups in total. The van der Waals surface area contributed by atoms with Crippen molar-refractivity contribution in [2.75, 3.05) is 5.32 Å². The van der Waals surface area contributed by atoms with E-state index in [1.807, 2.05) is 42.5 Å². The van der Waals surface area contributed by atoms with Crippen LogP contribution >= 0.6 is 0 Å². The second kappa shape index (κ2) is 7.40. The predicted molar refractivity (Wildman–Crippen MR) is 114 cm³/mol. The summed E-state index contributed by atoms with van der Waals surface area (Å²) in [6, 6.07) is 20.3. The van der Waals surface area contributed by atoms with Gasteiger partial charge >= 0.3 is 10.2 Å². The van der Waals surface area contributed by atoms with Crippen molar-refractivity contribution in [1.29, 1.82) is 0 Å². The average Bonchev–Trinajstić information content (AvgIpc) is 2.67. The molecule has 3 aromatic rings. The number of nitrogens with two attached hydrogens (primary N) is 1. The number of anilines is 1. The van der Waals surface area contributed by atoms with E-state index >= 15 is 0 Å². The lowest BCUT2D eigenvalue weighted by Gasteiger charge is -2.17. The van der Waals surface area contributed by atoms with Crippen LogP contribution in [0.1, 0.15) is 15.9 Å². The fraction of sp³-hybridized carbons (Fsp3) is 0.0476. The standard InChI is InChI=1S/C21H18N4O3S/c22-21(26)15-8-10-17(11-9-15)23-20-13-18(24-29(27,28)25-20)12-16-6-3-5-14-4-1-2-7-19(14)16/h1-11,13,24H,12H2,(H2,22,26)(H,23,25). The second-order valence-corrected chi connectivity index (χ2v) is 7.94. The zero-order valence-corrected chi connectivity index (χ0v) is 16.1. The van der Waals surface area contributed by atoms with Crippen LogP contribution in [0.4, 0.5) is 5.69 Å². The molecule has 0 unspecified atom stereocenters. The van der Waals surface area contributed by atoms with E-state index in [1.165, 1.54) is 0 Å². The van der Waals surface area contributed by atoms with Crippen LogP contribution in [-0.2, 0) is 16.6 Å². The maximum atomic E-state index is 12.2. The van der Waals surface area contributed by atoms with Gasteiger partial charge in [0, 0.05) is 29.4 Å². The number of amides is 1. The number of carbonyl (C=O) groups is 1. The summed E-state index contributed by atoms with van der Waals surface area (Å²) >= 11 is 0. The van der Waals surface area contributed by atoms with E-state index in [0.29, 0.717) is 23.4 Å². The van der Waals surface area contributed by atoms with Gasteiger partial charge in [-0.25, -0.2) is 0 Å². The van der Waals surface area contributed by atoms with Crippen LogP contribution in [0.25, 0.3) is 10.8 Å². The summed E-state index contributed by atoms with van der Waals surface area (Å²) in [7, 11) is -3.86. The van der Waals surface area contributed by atoms with Crippen molar-refractivity contribution >= 4 is 38.4 Å². The Balaban J connectivity index is 1.61. The summed E-state index contributed by atoms with van der Waals surface area (Å²) in [6.45, 7) is 0. The normalized spacial score (nSPS) is 15.2. The van der Waals surface area contributed by atoms with Crippen molar-refractivity contribution in [2.45, 2.75) is 6.42 Å². The average molecular weight is 406 g/mol. The minimum atomic E-state index is -3.86. The number of benzene rings is 3. The molecule has 7 nitrogen and oxygen atoms in total. The molecule has 1 aliphatic heterocycles. The van der Waals surface area contributed by atoms with E-state index in [2.05, 4.69) is 14.4 Å². The van der Waals surface area contributed by atoms with Gasteiger partial charge in [0.25, 0.3) is 0 Å². The molecule has 0 aromatic heterocycles. The minimum absolute atomic E-state index is 0.186. The summed E-state index contributed by atoms with van der Waals surface area (Å²) in [5.41, 5.74) is 7.70. The number of hydrogen-bond acceptors (Lipinski definition) is 4. The number of amidine groups is 1. The first-order valence-corrected chi connectivity index (χ1v) is 10.3. The highest BCUT2D eigenvalue weighted by Crippen LogP contribution is 2.22. The molecular weight excluding hydrogens is 388 g/mol. The lowest BCUT2D eigenvalue weighted by Crippen LogP contribution is -2.30. The Hall–Kier alpha value is -3.65. The first-order chi connectivity index (χ1) is 13.9. The van der Waals surface area contributed by atoms with Crippen LogP contribution in [0.3, 0.4) is 0 Å². The Morgan fingerprint density at radius 3 is 2.48 bits per heavy atom. The molecule has 29 heavy (non-hydrogen) atoms. The van der Waals surface area contributed by atoms with Crippen molar-refractivity contribution in [3.63, 3.8) is 0 Å². The molecule has 0 saturated heterocycles. The van der Waals surface area contributed by atoms with Crippen molar-refractivity contribution in [2.24, 2.45) is 10.1 Å². The number of carbonyl (C=O) groups excluding carboxylic acids is 1. The number of fused-ring (bicyclic) bond motifs is 1. The quantitative estimate of drug-likeness (QED) is 0.618. The maximum Gasteiger partial charge on any atom is 0.343 e. The van der Waals surface area contributed by atoms with Gasteiger partial charge in [0.1, 0.15) is 5.84 Å². The van der Waals surface area contributed by atoms with Gasteiger partial charge in [-0.2, -0.15) is 8.42 Å². The molecule has 0 saturated carbocycles. The van der Waals surface area contributed by atoms with Gasteiger partial charge in [0.05, 0.1) is 0 Å².